The van der Waals surface area contributed by atoms with Crippen LogP contribution < -0.4 is 10.1 Å². The molecule has 0 atom stereocenters. The third kappa shape index (κ3) is 5.74. The number of benzene rings is 2. The standard InChI is InChI=1S/C23H23NO6S2/c1-4-30-23(26)20-19(16-9-11-18(29-2)12-10-16)13-31-22(20)24-21(25)17-7-5-15(6-8-17)14-32(3,27)28/h5-13H,4,14H2,1-3H3,(H,24,25). The molecule has 0 unspecified atom stereocenters. The third-order valence-corrected chi connectivity index (χ3v) is 6.30. The molecule has 1 amide bonds. The van der Waals surface area contributed by atoms with E-state index < -0.39 is 21.7 Å². The molecule has 0 aliphatic carbocycles. The highest BCUT2D eigenvalue weighted by Gasteiger charge is 2.23. The predicted octanol–water partition coefficient (Wildman–Crippen LogP) is 4.40. The summed E-state index contributed by atoms with van der Waals surface area (Å²) in [5.74, 6) is -0.352. The Morgan fingerprint density at radius 3 is 2.25 bits per heavy atom. The van der Waals surface area contributed by atoms with Gasteiger partial charge in [0.1, 0.15) is 16.3 Å². The van der Waals surface area contributed by atoms with Gasteiger partial charge in [0, 0.05) is 22.8 Å². The van der Waals surface area contributed by atoms with E-state index in [0.29, 0.717) is 27.4 Å². The number of sulfone groups is 1. The van der Waals surface area contributed by atoms with Crippen LogP contribution in [0.4, 0.5) is 5.00 Å². The molecule has 1 heterocycles. The van der Waals surface area contributed by atoms with E-state index >= 15 is 0 Å². The largest absolute Gasteiger partial charge is 0.497 e. The minimum Gasteiger partial charge on any atom is -0.497 e. The molecule has 0 aliphatic rings. The molecular formula is C23H23NO6S2. The molecule has 0 aliphatic heterocycles. The van der Waals surface area contributed by atoms with Crippen LogP contribution >= 0.6 is 11.3 Å². The van der Waals surface area contributed by atoms with Gasteiger partial charge in [-0.25, -0.2) is 13.2 Å². The van der Waals surface area contributed by atoms with Gasteiger partial charge in [-0.1, -0.05) is 24.3 Å². The summed E-state index contributed by atoms with van der Waals surface area (Å²) in [5.41, 5.74) is 2.65. The number of hydrogen-bond acceptors (Lipinski definition) is 7. The van der Waals surface area contributed by atoms with E-state index in [1.807, 2.05) is 12.1 Å². The van der Waals surface area contributed by atoms with E-state index in [4.69, 9.17) is 9.47 Å². The molecule has 1 N–H and O–H groups in total. The minimum atomic E-state index is -3.17. The maximum absolute atomic E-state index is 12.8. The maximum atomic E-state index is 12.8. The van der Waals surface area contributed by atoms with Crippen molar-refractivity contribution in [2.24, 2.45) is 0 Å². The molecule has 0 radical (unpaired) electrons. The van der Waals surface area contributed by atoms with Crippen molar-refractivity contribution in [2.75, 3.05) is 25.3 Å². The van der Waals surface area contributed by atoms with Crippen molar-refractivity contribution in [1.82, 2.24) is 0 Å². The molecule has 168 valence electrons. The van der Waals surface area contributed by atoms with Gasteiger partial charge in [0.15, 0.2) is 9.84 Å². The summed E-state index contributed by atoms with van der Waals surface area (Å²) in [6, 6.07) is 13.5. The number of nitrogens with one attached hydrogen (secondary N) is 1. The molecule has 0 bridgehead atoms. The van der Waals surface area contributed by atoms with Crippen LogP contribution in [-0.4, -0.2) is 40.3 Å². The summed E-state index contributed by atoms with van der Waals surface area (Å²) < 4.78 is 33.3. The number of esters is 1. The number of ether oxygens (including phenoxy) is 2. The lowest BCUT2D eigenvalue weighted by atomic mass is 10.0. The second-order valence-corrected chi connectivity index (χ2v) is 10.0. The SMILES string of the molecule is CCOC(=O)c1c(-c2ccc(OC)cc2)csc1NC(=O)c1ccc(CS(C)(=O)=O)cc1. The number of carbonyl (C=O) groups excluding carboxylic acids is 2. The second-order valence-electron chi connectivity index (χ2n) is 7.02. The zero-order valence-corrected chi connectivity index (χ0v) is 19.5. The summed E-state index contributed by atoms with van der Waals surface area (Å²) in [7, 11) is -1.59. The van der Waals surface area contributed by atoms with Crippen LogP contribution in [-0.2, 0) is 20.3 Å². The zero-order valence-electron chi connectivity index (χ0n) is 17.9. The minimum absolute atomic E-state index is 0.0992. The Morgan fingerprint density at radius 2 is 1.69 bits per heavy atom. The first-order chi connectivity index (χ1) is 15.2. The third-order valence-electron chi connectivity index (χ3n) is 4.54. The number of methoxy groups -OCH3 is 1. The molecule has 0 saturated heterocycles. The van der Waals surface area contributed by atoms with Crippen molar-refractivity contribution >= 4 is 38.1 Å². The molecule has 0 saturated carbocycles. The van der Waals surface area contributed by atoms with Crippen LogP contribution in [0.2, 0.25) is 0 Å². The predicted molar refractivity (Wildman–Crippen MR) is 125 cm³/mol. The van der Waals surface area contributed by atoms with Crippen LogP contribution in [0, 0.1) is 0 Å². The molecule has 0 fully saturated rings. The average Bonchev–Trinajstić information content (AvgIpc) is 3.17. The Kier molecular flexibility index (Phi) is 7.32. The summed E-state index contributed by atoms with van der Waals surface area (Å²) >= 11 is 1.23. The first-order valence-corrected chi connectivity index (χ1v) is 12.7. The number of amides is 1. The Balaban J connectivity index is 1.89. The van der Waals surface area contributed by atoms with Crippen LogP contribution in [0.3, 0.4) is 0 Å². The average molecular weight is 474 g/mol. The van der Waals surface area contributed by atoms with Gasteiger partial charge in [-0.15, -0.1) is 11.3 Å². The fraction of sp³-hybridized carbons (Fsp3) is 0.217. The van der Waals surface area contributed by atoms with E-state index in [1.54, 1.807) is 55.8 Å². The monoisotopic (exact) mass is 473 g/mol. The highest BCUT2D eigenvalue weighted by atomic mass is 32.2. The van der Waals surface area contributed by atoms with Gasteiger partial charge >= 0.3 is 5.97 Å². The number of carbonyl (C=O) groups is 2. The smallest absolute Gasteiger partial charge is 0.341 e. The molecule has 3 aromatic rings. The van der Waals surface area contributed by atoms with Gasteiger partial charge in [-0.2, -0.15) is 0 Å². The molecule has 32 heavy (non-hydrogen) atoms. The highest BCUT2D eigenvalue weighted by Crippen LogP contribution is 2.37. The maximum Gasteiger partial charge on any atom is 0.341 e. The summed E-state index contributed by atoms with van der Waals surface area (Å²) in [6.45, 7) is 1.92. The number of rotatable bonds is 8. The van der Waals surface area contributed by atoms with Crippen molar-refractivity contribution in [2.45, 2.75) is 12.7 Å². The van der Waals surface area contributed by atoms with Crippen molar-refractivity contribution in [3.63, 3.8) is 0 Å². The molecule has 9 heteroatoms. The molecule has 1 aromatic heterocycles. The molecule has 7 nitrogen and oxygen atoms in total. The highest BCUT2D eigenvalue weighted by molar-refractivity contribution is 7.89. The summed E-state index contributed by atoms with van der Waals surface area (Å²) in [6.07, 6.45) is 1.15. The van der Waals surface area contributed by atoms with E-state index in [-0.39, 0.29) is 17.9 Å². The Labute approximate surface area is 190 Å². The van der Waals surface area contributed by atoms with E-state index in [9.17, 15) is 18.0 Å². The quantitative estimate of drug-likeness (QED) is 0.487. The summed E-state index contributed by atoms with van der Waals surface area (Å²) in [5, 5.41) is 4.95. The fourth-order valence-corrected chi connectivity index (χ4v) is 4.82. The van der Waals surface area contributed by atoms with Crippen LogP contribution in [0.1, 0.15) is 33.2 Å². The molecule has 2 aromatic carbocycles. The Morgan fingerprint density at radius 1 is 1.03 bits per heavy atom. The number of thiophene rings is 1. The van der Waals surface area contributed by atoms with Gasteiger partial charge in [0.05, 0.1) is 19.5 Å². The van der Waals surface area contributed by atoms with Crippen LogP contribution in [0.15, 0.2) is 53.9 Å². The van der Waals surface area contributed by atoms with E-state index in [2.05, 4.69) is 5.32 Å². The molecule has 3 rings (SSSR count). The lowest BCUT2D eigenvalue weighted by Crippen LogP contribution is -2.15. The Hall–Kier alpha value is -3.17. The molecule has 0 spiro atoms. The van der Waals surface area contributed by atoms with Crippen molar-refractivity contribution in [3.05, 3.63) is 70.6 Å². The van der Waals surface area contributed by atoms with Crippen LogP contribution in [0.5, 0.6) is 5.75 Å². The number of hydrogen-bond donors (Lipinski definition) is 1. The lowest BCUT2D eigenvalue weighted by molar-refractivity contribution is 0.0529. The Bertz CT molecular complexity index is 1210. The van der Waals surface area contributed by atoms with Crippen molar-refractivity contribution in [3.8, 4) is 16.9 Å². The number of anilines is 1. The lowest BCUT2D eigenvalue weighted by Gasteiger charge is -2.09. The van der Waals surface area contributed by atoms with Gasteiger partial charge in [0.2, 0.25) is 0 Å². The summed E-state index contributed by atoms with van der Waals surface area (Å²) in [4.78, 5) is 25.5. The van der Waals surface area contributed by atoms with Crippen LogP contribution in [0.25, 0.3) is 11.1 Å². The topological polar surface area (TPSA) is 98.8 Å². The molecular weight excluding hydrogens is 450 g/mol. The first kappa shape index (κ1) is 23.5. The van der Waals surface area contributed by atoms with Gasteiger partial charge in [-0.05, 0) is 42.3 Å². The van der Waals surface area contributed by atoms with Gasteiger partial charge < -0.3 is 14.8 Å². The van der Waals surface area contributed by atoms with E-state index in [0.717, 1.165) is 11.8 Å². The van der Waals surface area contributed by atoms with Gasteiger partial charge in [-0.3, -0.25) is 4.79 Å². The van der Waals surface area contributed by atoms with Gasteiger partial charge in [0.25, 0.3) is 5.91 Å². The normalized spacial score (nSPS) is 11.1. The fourth-order valence-electron chi connectivity index (χ4n) is 3.07. The second kappa shape index (κ2) is 9.97. The van der Waals surface area contributed by atoms with Crippen molar-refractivity contribution < 1.29 is 27.5 Å². The van der Waals surface area contributed by atoms with Crippen molar-refractivity contribution in [1.29, 1.82) is 0 Å². The zero-order chi connectivity index (χ0) is 23.3. The first-order valence-electron chi connectivity index (χ1n) is 9.73. The van der Waals surface area contributed by atoms with E-state index in [1.165, 1.54) is 11.3 Å².